The second kappa shape index (κ2) is 8.35. The van der Waals surface area contributed by atoms with Crippen LogP contribution in [-0.4, -0.2) is 21.9 Å². The third kappa shape index (κ3) is 6.24. The Labute approximate surface area is 143 Å². The van der Waals surface area contributed by atoms with Gasteiger partial charge in [-0.05, 0) is 0 Å². The van der Waals surface area contributed by atoms with E-state index in [1.807, 2.05) is 0 Å². The first kappa shape index (κ1) is 17.2. The molecule has 1 aromatic carbocycles. The van der Waals surface area contributed by atoms with E-state index in [1.165, 1.54) is 12.1 Å². The summed E-state index contributed by atoms with van der Waals surface area (Å²) in [6.07, 6.45) is 2.30. The molecule has 0 aliphatic rings. The first-order chi connectivity index (χ1) is 7.04. The predicted octanol–water partition coefficient (Wildman–Crippen LogP) is -0.707. The van der Waals surface area contributed by atoms with E-state index in [2.05, 4.69) is 6.92 Å². The quantitative estimate of drug-likeness (QED) is 0.497. The molecule has 6 heteroatoms. The molecule has 0 heterocycles. The van der Waals surface area contributed by atoms with Gasteiger partial charge in [0.2, 0.25) is 0 Å². The molecule has 0 N–H and O–H groups in total. The van der Waals surface area contributed by atoms with Gasteiger partial charge < -0.3 is 0 Å². The van der Waals surface area contributed by atoms with Crippen molar-refractivity contribution in [3.05, 3.63) is 24.3 Å². The normalized spacial score (nSPS) is 11.0. The third-order valence-electron chi connectivity index (χ3n) is 2.02. The molecular formula is C10H13BF3KSe. The second-order valence-electron chi connectivity index (χ2n) is 3.35. The summed E-state index contributed by atoms with van der Waals surface area (Å²) in [7, 11) is 0. The van der Waals surface area contributed by atoms with Crippen LogP contribution in [-0.2, 0) is 0 Å². The average Bonchev–Trinajstić information content (AvgIpc) is 2.18. The van der Waals surface area contributed by atoms with E-state index in [-0.39, 0.29) is 51.4 Å². The molecule has 0 atom stereocenters. The van der Waals surface area contributed by atoms with Crippen molar-refractivity contribution in [2.45, 2.75) is 25.1 Å². The summed E-state index contributed by atoms with van der Waals surface area (Å²) in [5.74, 6) is 0. The van der Waals surface area contributed by atoms with Crippen LogP contribution in [0.1, 0.15) is 19.8 Å². The molecule has 0 spiro atoms. The Morgan fingerprint density at radius 1 is 1.12 bits per heavy atom. The molecule has 1 aromatic rings. The Hall–Kier alpha value is 1.23. The van der Waals surface area contributed by atoms with Gasteiger partial charge in [0, 0.05) is 0 Å². The van der Waals surface area contributed by atoms with Gasteiger partial charge in [0.05, 0.1) is 0 Å². The van der Waals surface area contributed by atoms with Crippen molar-refractivity contribution in [1.29, 1.82) is 0 Å². The van der Waals surface area contributed by atoms with E-state index >= 15 is 0 Å². The summed E-state index contributed by atoms with van der Waals surface area (Å²) in [5.41, 5.74) is -0.495. The molecule has 1 rings (SSSR count). The van der Waals surface area contributed by atoms with Gasteiger partial charge in [-0.2, -0.15) is 0 Å². The molecule has 0 nitrogen and oxygen atoms in total. The zero-order chi connectivity index (χ0) is 11.3. The summed E-state index contributed by atoms with van der Waals surface area (Å²) in [6.45, 7) is -2.72. The molecular weight excluding hydrogens is 306 g/mol. The summed E-state index contributed by atoms with van der Waals surface area (Å²) in [4.78, 5) is 0. The standard InChI is InChI=1S/C10H13BF3Se.K/c1-2-3-8-15-10-6-4-9(5-7-10)11(12,13)14;/h4-7H,2-3,8H2,1H3;/q-1;+1. The van der Waals surface area contributed by atoms with Crippen molar-refractivity contribution in [2.24, 2.45) is 0 Å². The Balaban J connectivity index is 0.00000225. The second-order valence-corrected chi connectivity index (χ2v) is 5.80. The largest absolute Gasteiger partial charge is 1.00 e. The van der Waals surface area contributed by atoms with E-state index in [4.69, 9.17) is 0 Å². The molecule has 0 amide bonds. The van der Waals surface area contributed by atoms with Crippen molar-refractivity contribution in [2.75, 3.05) is 0 Å². The van der Waals surface area contributed by atoms with Crippen LogP contribution in [0.5, 0.6) is 0 Å². The minimum absolute atomic E-state index is 0. The van der Waals surface area contributed by atoms with Gasteiger partial charge in [-0.15, -0.1) is 0 Å². The maximum atomic E-state index is 12.3. The summed E-state index contributed by atoms with van der Waals surface area (Å²) < 4.78 is 37.9. The summed E-state index contributed by atoms with van der Waals surface area (Å²) in [6, 6.07) is 5.62. The number of benzene rings is 1. The van der Waals surface area contributed by atoms with E-state index in [0.717, 1.165) is 22.6 Å². The zero-order valence-electron chi connectivity index (χ0n) is 9.55. The fourth-order valence-electron chi connectivity index (χ4n) is 1.12. The smallest absolute Gasteiger partial charge is 1.00 e. The first-order valence-corrected chi connectivity index (χ1v) is 7.03. The topological polar surface area (TPSA) is 0 Å². The minimum atomic E-state index is -4.83. The van der Waals surface area contributed by atoms with Gasteiger partial charge in [-0.1, -0.05) is 0 Å². The van der Waals surface area contributed by atoms with Crippen LogP contribution in [0.4, 0.5) is 12.9 Å². The van der Waals surface area contributed by atoms with Crippen LogP contribution < -0.4 is 61.3 Å². The minimum Gasteiger partial charge on any atom is 1.00 e. The van der Waals surface area contributed by atoms with Crippen LogP contribution >= 0.6 is 0 Å². The summed E-state index contributed by atoms with van der Waals surface area (Å²) >= 11 is 0.327. The van der Waals surface area contributed by atoms with Gasteiger partial charge in [-0.25, -0.2) is 0 Å². The number of rotatable bonds is 5. The average molecular weight is 319 g/mol. The monoisotopic (exact) mass is 320 g/mol. The van der Waals surface area contributed by atoms with Crippen LogP contribution in [0, 0.1) is 0 Å². The molecule has 84 valence electrons. The molecule has 0 aliphatic heterocycles. The Morgan fingerprint density at radius 2 is 1.69 bits per heavy atom. The summed E-state index contributed by atoms with van der Waals surface area (Å²) in [5, 5.41) is 1.11. The molecule has 16 heavy (non-hydrogen) atoms. The molecule has 0 saturated heterocycles. The number of hydrogen-bond donors (Lipinski definition) is 0. The van der Waals surface area contributed by atoms with E-state index < -0.39 is 12.4 Å². The molecule has 0 saturated carbocycles. The number of hydrogen-bond acceptors (Lipinski definition) is 0. The van der Waals surface area contributed by atoms with Gasteiger partial charge >= 0.3 is 146 Å². The van der Waals surface area contributed by atoms with Gasteiger partial charge in [0.15, 0.2) is 0 Å². The van der Waals surface area contributed by atoms with Gasteiger partial charge in [0.25, 0.3) is 0 Å². The van der Waals surface area contributed by atoms with E-state index in [0.29, 0.717) is 15.0 Å². The van der Waals surface area contributed by atoms with Crippen LogP contribution in [0.2, 0.25) is 5.32 Å². The molecule has 0 bridgehead atoms. The molecule has 0 fully saturated rings. The maximum absolute atomic E-state index is 12.3. The Kier molecular flexibility index (Phi) is 9.00. The Bertz CT molecular complexity index is 300. The van der Waals surface area contributed by atoms with Gasteiger partial charge in [-0.3, -0.25) is 0 Å². The Morgan fingerprint density at radius 3 is 2.12 bits per heavy atom. The van der Waals surface area contributed by atoms with Crippen LogP contribution in [0.15, 0.2) is 24.3 Å². The van der Waals surface area contributed by atoms with Crippen molar-refractivity contribution in [1.82, 2.24) is 0 Å². The molecule has 0 aromatic heterocycles. The number of unbranched alkanes of at least 4 members (excludes halogenated alkanes) is 1. The van der Waals surface area contributed by atoms with E-state index in [1.54, 1.807) is 12.1 Å². The fraction of sp³-hybridized carbons (Fsp3) is 0.400. The van der Waals surface area contributed by atoms with Crippen molar-refractivity contribution in [3.8, 4) is 0 Å². The van der Waals surface area contributed by atoms with E-state index in [9.17, 15) is 12.9 Å². The molecule has 0 unspecified atom stereocenters. The third-order valence-corrected chi connectivity index (χ3v) is 4.33. The molecule has 0 aliphatic carbocycles. The zero-order valence-corrected chi connectivity index (χ0v) is 14.4. The van der Waals surface area contributed by atoms with Crippen molar-refractivity contribution < 1.29 is 64.3 Å². The fourth-order valence-corrected chi connectivity index (χ4v) is 3.21. The van der Waals surface area contributed by atoms with Crippen molar-refractivity contribution >= 4 is 31.9 Å². The maximum Gasteiger partial charge on any atom is 1.00 e. The molecule has 0 radical (unpaired) electrons. The van der Waals surface area contributed by atoms with Crippen LogP contribution in [0.25, 0.3) is 0 Å². The van der Waals surface area contributed by atoms with Gasteiger partial charge in [0.1, 0.15) is 0 Å². The van der Waals surface area contributed by atoms with Crippen LogP contribution in [0.3, 0.4) is 0 Å². The first-order valence-electron chi connectivity index (χ1n) is 4.96. The predicted molar refractivity (Wildman–Crippen MR) is 60.3 cm³/mol. The SMILES string of the molecule is CCCC[Se]c1ccc([B-](F)(F)F)cc1.[K+]. The number of halogens is 3. The van der Waals surface area contributed by atoms with Crippen molar-refractivity contribution in [3.63, 3.8) is 0 Å².